The van der Waals surface area contributed by atoms with Crippen molar-refractivity contribution in [2.75, 3.05) is 10.6 Å². The predicted octanol–water partition coefficient (Wildman–Crippen LogP) is 4.20. The van der Waals surface area contributed by atoms with Crippen LogP contribution in [0.4, 0.5) is 11.6 Å². The number of aromatic nitrogens is 4. The average Bonchev–Trinajstić information content (AvgIpc) is 3.84. The molecule has 2 atom stereocenters. The van der Waals surface area contributed by atoms with Crippen LogP contribution in [0.15, 0.2) is 55.1 Å². The van der Waals surface area contributed by atoms with Gasteiger partial charge in [-0.3, -0.25) is 9.59 Å². The number of amides is 1. The summed E-state index contributed by atoms with van der Waals surface area (Å²) in [6.45, 7) is 0.164. The lowest BCUT2D eigenvalue weighted by atomic mass is 10.1. The zero-order chi connectivity index (χ0) is 26.6. The van der Waals surface area contributed by atoms with E-state index in [1.54, 1.807) is 6.07 Å². The molecular weight excluding hydrogens is 508 g/mol. The highest BCUT2D eigenvalue weighted by atomic mass is 35.5. The molecule has 0 radical (unpaired) electrons. The summed E-state index contributed by atoms with van der Waals surface area (Å²) in [5.41, 5.74) is 4.78. The number of imidazole rings is 1. The van der Waals surface area contributed by atoms with Gasteiger partial charge in [-0.05, 0) is 60.4 Å². The first-order valence-corrected chi connectivity index (χ1v) is 12.7. The molecule has 1 aromatic carbocycles. The van der Waals surface area contributed by atoms with E-state index in [4.69, 9.17) is 21.5 Å². The van der Waals surface area contributed by atoms with Crippen molar-refractivity contribution in [2.24, 2.45) is 5.92 Å². The highest BCUT2D eigenvalue weighted by Crippen LogP contribution is 2.48. The Hall–Kier alpha value is -4.02. The Balaban J connectivity index is 0.000000937. The molecule has 0 unspecified atom stereocenters. The van der Waals surface area contributed by atoms with E-state index in [-0.39, 0.29) is 30.8 Å². The van der Waals surface area contributed by atoms with Crippen molar-refractivity contribution in [2.45, 2.75) is 44.2 Å². The number of nitrogens with one attached hydrogen (secondary N) is 2. The number of rotatable bonds is 8. The third-order valence-corrected chi connectivity index (χ3v) is 6.93. The van der Waals surface area contributed by atoms with Gasteiger partial charge in [0.1, 0.15) is 23.6 Å². The number of pyridine rings is 1. The van der Waals surface area contributed by atoms with Gasteiger partial charge in [0.05, 0.1) is 18.8 Å². The predicted molar refractivity (Wildman–Crippen MR) is 142 cm³/mol. The summed E-state index contributed by atoms with van der Waals surface area (Å²) in [4.78, 5) is 34.2. The summed E-state index contributed by atoms with van der Waals surface area (Å²) in [5.74, 6) is 1.70. The summed E-state index contributed by atoms with van der Waals surface area (Å²) in [5, 5.41) is 23.5. The molecule has 2 aliphatic carbocycles. The van der Waals surface area contributed by atoms with Crippen LogP contribution in [0.1, 0.15) is 53.5 Å². The SMILES string of the molecule is O=C(Nc1cc(NCc2cn3cc(C4CC4)cc(CO)c3n2)ncn1)[C@H]1C[C@@H]1c1cccc(Cl)c1.O=CO. The molecule has 11 heteroatoms. The van der Waals surface area contributed by atoms with E-state index >= 15 is 0 Å². The Morgan fingerprint density at radius 2 is 1.92 bits per heavy atom. The zero-order valence-electron chi connectivity index (χ0n) is 20.4. The number of carbonyl (C=O) groups excluding carboxylic acids is 1. The minimum atomic E-state index is -0.250. The molecule has 1 amide bonds. The molecule has 0 bridgehead atoms. The summed E-state index contributed by atoms with van der Waals surface area (Å²) in [6, 6.07) is 11.4. The van der Waals surface area contributed by atoms with Gasteiger partial charge in [-0.15, -0.1) is 0 Å². The molecule has 4 aromatic rings. The molecule has 0 aliphatic heterocycles. The maximum absolute atomic E-state index is 12.7. The molecule has 6 rings (SSSR count). The van der Waals surface area contributed by atoms with Gasteiger partial charge in [0.25, 0.3) is 6.47 Å². The average molecular weight is 535 g/mol. The third-order valence-electron chi connectivity index (χ3n) is 6.69. The zero-order valence-corrected chi connectivity index (χ0v) is 21.2. The minimum absolute atomic E-state index is 0.0396. The van der Waals surface area contributed by atoms with Crippen molar-refractivity contribution in [1.29, 1.82) is 0 Å². The van der Waals surface area contributed by atoms with Crippen LogP contribution in [-0.2, 0) is 22.7 Å². The molecule has 0 saturated heterocycles. The van der Waals surface area contributed by atoms with Gasteiger partial charge >= 0.3 is 0 Å². The van der Waals surface area contributed by atoms with Gasteiger partial charge < -0.3 is 25.2 Å². The van der Waals surface area contributed by atoms with Crippen LogP contribution < -0.4 is 10.6 Å². The lowest BCUT2D eigenvalue weighted by molar-refractivity contribution is -0.123. The first kappa shape index (κ1) is 25.6. The van der Waals surface area contributed by atoms with E-state index in [0.717, 1.165) is 28.9 Å². The Labute approximate surface area is 223 Å². The van der Waals surface area contributed by atoms with Gasteiger partial charge in [0.15, 0.2) is 0 Å². The number of benzene rings is 1. The molecule has 4 N–H and O–H groups in total. The molecule has 2 aliphatic rings. The highest BCUT2D eigenvalue weighted by Gasteiger charge is 2.44. The summed E-state index contributed by atoms with van der Waals surface area (Å²) in [7, 11) is 0. The fraction of sp³-hybridized carbons (Fsp3) is 0.296. The number of aliphatic hydroxyl groups is 1. The van der Waals surface area contributed by atoms with E-state index in [1.165, 1.54) is 24.7 Å². The Morgan fingerprint density at radius 1 is 1.13 bits per heavy atom. The fourth-order valence-corrected chi connectivity index (χ4v) is 4.80. The Morgan fingerprint density at radius 3 is 2.66 bits per heavy atom. The molecular formula is C27H27ClN6O4. The first-order chi connectivity index (χ1) is 18.5. The highest BCUT2D eigenvalue weighted by molar-refractivity contribution is 6.30. The number of hydrogen-bond acceptors (Lipinski definition) is 7. The van der Waals surface area contributed by atoms with Gasteiger partial charge in [-0.2, -0.15) is 0 Å². The number of carboxylic acid groups (broad SMARTS) is 1. The lowest BCUT2D eigenvalue weighted by Crippen LogP contribution is -2.16. The van der Waals surface area contributed by atoms with Crippen molar-refractivity contribution < 1.29 is 19.8 Å². The number of carbonyl (C=O) groups is 2. The van der Waals surface area contributed by atoms with Crippen LogP contribution in [0.5, 0.6) is 0 Å². The van der Waals surface area contributed by atoms with Crippen molar-refractivity contribution in [3.8, 4) is 0 Å². The number of aliphatic hydroxyl groups excluding tert-OH is 1. The van der Waals surface area contributed by atoms with Crippen LogP contribution in [0.3, 0.4) is 0 Å². The van der Waals surface area contributed by atoms with Crippen molar-refractivity contribution in [3.05, 3.63) is 82.5 Å². The Kier molecular flexibility index (Phi) is 7.52. The second kappa shape index (κ2) is 11.2. The van der Waals surface area contributed by atoms with E-state index in [9.17, 15) is 9.90 Å². The maximum Gasteiger partial charge on any atom is 0.290 e. The van der Waals surface area contributed by atoms with Crippen LogP contribution in [-0.4, -0.2) is 41.9 Å². The molecule has 38 heavy (non-hydrogen) atoms. The monoisotopic (exact) mass is 534 g/mol. The molecule has 10 nitrogen and oxygen atoms in total. The third kappa shape index (κ3) is 5.92. The number of nitrogens with zero attached hydrogens (tertiary/aromatic N) is 4. The quantitative estimate of drug-likeness (QED) is 0.246. The van der Waals surface area contributed by atoms with E-state index in [1.807, 2.05) is 34.9 Å². The number of halogens is 1. The van der Waals surface area contributed by atoms with E-state index in [0.29, 0.717) is 29.1 Å². The lowest BCUT2D eigenvalue weighted by Gasteiger charge is -2.07. The van der Waals surface area contributed by atoms with E-state index in [2.05, 4.69) is 37.8 Å². The number of fused-ring (bicyclic) bond motifs is 1. The molecule has 2 fully saturated rings. The molecule has 196 valence electrons. The fourth-order valence-electron chi connectivity index (χ4n) is 4.60. The topological polar surface area (TPSA) is 142 Å². The maximum atomic E-state index is 12.7. The first-order valence-electron chi connectivity index (χ1n) is 12.3. The van der Waals surface area contributed by atoms with E-state index < -0.39 is 0 Å². The normalized spacial score (nSPS) is 17.8. The molecule has 3 heterocycles. The Bertz CT molecular complexity index is 1470. The van der Waals surface area contributed by atoms with Gasteiger partial charge in [-0.25, -0.2) is 15.0 Å². The standard InChI is InChI=1S/C26H25ClN6O2.CH2O2/c27-19-3-1-2-16(7-19)21-8-22(21)26(35)32-24-9-23(29-14-30-24)28-10-20-12-33-11-17(15-4-5-15)6-18(13-34)25(33)31-20;2-1-3/h1-3,6-7,9,11-12,14-15,21-22,34H,4-5,8,10,13H2,(H2,28,29,30,32,35);1H,(H,2,3)/t21-,22+;/m1./s1. The summed E-state index contributed by atoms with van der Waals surface area (Å²) >= 11 is 6.08. The van der Waals surface area contributed by atoms with Crippen molar-refractivity contribution in [1.82, 2.24) is 19.4 Å². The molecule has 3 aromatic heterocycles. The second-order valence-corrected chi connectivity index (χ2v) is 9.87. The summed E-state index contributed by atoms with van der Waals surface area (Å²) in [6.07, 6.45) is 8.71. The van der Waals surface area contributed by atoms with Crippen LogP contribution in [0, 0.1) is 5.92 Å². The van der Waals surface area contributed by atoms with Crippen molar-refractivity contribution >= 4 is 41.3 Å². The van der Waals surface area contributed by atoms with Crippen LogP contribution in [0.25, 0.3) is 5.65 Å². The molecule has 0 spiro atoms. The summed E-state index contributed by atoms with van der Waals surface area (Å²) < 4.78 is 1.99. The van der Waals surface area contributed by atoms with Gasteiger partial charge in [0.2, 0.25) is 5.91 Å². The molecule has 2 saturated carbocycles. The minimum Gasteiger partial charge on any atom is -0.483 e. The number of anilines is 2. The van der Waals surface area contributed by atoms with Crippen LogP contribution >= 0.6 is 11.6 Å². The van der Waals surface area contributed by atoms with Crippen molar-refractivity contribution in [3.63, 3.8) is 0 Å². The van der Waals surface area contributed by atoms with Crippen LogP contribution in [0.2, 0.25) is 5.02 Å². The largest absolute Gasteiger partial charge is 0.483 e. The smallest absolute Gasteiger partial charge is 0.290 e. The van der Waals surface area contributed by atoms with Gasteiger partial charge in [0, 0.05) is 35.0 Å². The number of hydrogen-bond donors (Lipinski definition) is 4. The second-order valence-electron chi connectivity index (χ2n) is 9.43. The van der Waals surface area contributed by atoms with Gasteiger partial charge in [-0.1, -0.05) is 23.7 Å².